The monoisotopic (exact) mass is 321 g/mol. The maximum absolute atomic E-state index is 5.17. The van der Waals surface area contributed by atoms with Crippen molar-refractivity contribution in [2.75, 3.05) is 7.11 Å². The van der Waals surface area contributed by atoms with Crippen LogP contribution in [-0.2, 0) is 6.54 Å². The molecule has 0 aliphatic heterocycles. The number of imidazole rings is 1. The molecule has 3 heterocycles. The molecule has 0 atom stereocenters. The standard InChI is InChI=1S/C16H15N7O/c1-24-14-4-2-12(3-5-14)9-23-10-13(8-18-23)15-19-16(21-20-15)22-7-6-17-11-22/h2-8,10-11H,9H2,1H3,(H,19,20,21). The molecule has 0 fully saturated rings. The molecule has 4 aromatic rings. The van der Waals surface area contributed by atoms with Crippen LogP contribution in [0.5, 0.6) is 5.75 Å². The number of nitrogens with one attached hydrogen (secondary N) is 1. The number of methoxy groups -OCH3 is 1. The molecule has 120 valence electrons. The Morgan fingerprint density at radius 1 is 1.21 bits per heavy atom. The summed E-state index contributed by atoms with van der Waals surface area (Å²) in [7, 11) is 1.66. The second-order valence-electron chi connectivity index (χ2n) is 5.23. The van der Waals surface area contributed by atoms with E-state index < -0.39 is 0 Å². The molecule has 0 saturated carbocycles. The molecular weight excluding hydrogens is 306 g/mol. The number of hydrogen-bond donors (Lipinski definition) is 1. The van der Waals surface area contributed by atoms with Crippen molar-refractivity contribution in [1.29, 1.82) is 0 Å². The molecule has 0 unspecified atom stereocenters. The Morgan fingerprint density at radius 3 is 2.83 bits per heavy atom. The van der Waals surface area contributed by atoms with Crippen LogP contribution >= 0.6 is 0 Å². The van der Waals surface area contributed by atoms with E-state index in [0.717, 1.165) is 16.9 Å². The lowest BCUT2D eigenvalue weighted by molar-refractivity contribution is 0.414. The van der Waals surface area contributed by atoms with Crippen molar-refractivity contribution >= 4 is 0 Å². The topological polar surface area (TPSA) is 86.4 Å². The van der Waals surface area contributed by atoms with Gasteiger partial charge in [-0.1, -0.05) is 12.1 Å². The Labute approximate surface area is 137 Å². The zero-order valence-electron chi connectivity index (χ0n) is 13.0. The second kappa shape index (κ2) is 5.99. The van der Waals surface area contributed by atoms with Crippen LogP contribution in [0.4, 0.5) is 0 Å². The molecule has 0 aliphatic rings. The van der Waals surface area contributed by atoms with Gasteiger partial charge in [0.25, 0.3) is 5.95 Å². The van der Waals surface area contributed by atoms with Crippen LogP contribution in [0.15, 0.2) is 55.4 Å². The van der Waals surface area contributed by atoms with Crippen molar-refractivity contribution < 1.29 is 4.74 Å². The summed E-state index contributed by atoms with van der Waals surface area (Å²) in [5, 5.41) is 11.5. The minimum atomic E-state index is 0.547. The van der Waals surface area contributed by atoms with E-state index in [0.29, 0.717) is 18.3 Å². The van der Waals surface area contributed by atoms with E-state index >= 15 is 0 Å². The van der Waals surface area contributed by atoms with Crippen molar-refractivity contribution in [3.8, 4) is 23.1 Å². The molecule has 0 saturated heterocycles. The Kier molecular flexibility index (Phi) is 3.54. The fourth-order valence-corrected chi connectivity index (χ4v) is 2.37. The number of rotatable bonds is 5. The van der Waals surface area contributed by atoms with Gasteiger partial charge in [-0.05, 0) is 17.7 Å². The lowest BCUT2D eigenvalue weighted by Gasteiger charge is -2.03. The van der Waals surface area contributed by atoms with Gasteiger partial charge in [0.2, 0.25) is 0 Å². The Balaban J connectivity index is 1.52. The molecule has 0 aliphatic carbocycles. The summed E-state index contributed by atoms with van der Waals surface area (Å²) in [6, 6.07) is 7.92. The molecular formula is C16H15N7O. The second-order valence-corrected chi connectivity index (χ2v) is 5.23. The number of ether oxygens (including phenoxy) is 1. The maximum atomic E-state index is 5.17. The van der Waals surface area contributed by atoms with E-state index in [9.17, 15) is 0 Å². The van der Waals surface area contributed by atoms with Gasteiger partial charge in [-0.3, -0.25) is 14.3 Å². The number of benzene rings is 1. The zero-order valence-corrected chi connectivity index (χ0v) is 13.0. The van der Waals surface area contributed by atoms with E-state index in [4.69, 9.17) is 4.74 Å². The quantitative estimate of drug-likeness (QED) is 0.607. The number of hydrogen-bond acceptors (Lipinski definition) is 5. The Bertz CT molecular complexity index is 922. The minimum absolute atomic E-state index is 0.547. The molecule has 1 N–H and O–H groups in total. The summed E-state index contributed by atoms with van der Waals surface area (Å²) in [6.45, 7) is 0.673. The third-order valence-electron chi connectivity index (χ3n) is 3.62. The number of aromatic nitrogens is 7. The third-order valence-corrected chi connectivity index (χ3v) is 3.62. The molecule has 0 amide bonds. The summed E-state index contributed by atoms with van der Waals surface area (Å²) >= 11 is 0. The predicted molar refractivity (Wildman–Crippen MR) is 86.8 cm³/mol. The van der Waals surface area contributed by atoms with Crippen LogP contribution < -0.4 is 4.74 Å². The molecule has 8 nitrogen and oxygen atoms in total. The zero-order chi connectivity index (χ0) is 16.4. The van der Waals surface area contributed by atoms with Gasteiger partial charge in [-0.2, -0.15) is 10.1 Å². The smallest absolute Gasteiger partial charge is 0.254 e. The SMILES string of the molecule is COc1ccc(Cn2cc(-c3nc(-n4ccnc4)n[nH]3)cn2)cc1. The Hall–Kier alpha value is -3.42. The molecule has 3 aromatic heterocycles. The van der Waals surface area contributed by atoms with E-state index in [1.807, 2.05) is 35.1 Å². The summed E-state index contributed by atoms with van der Waals surface area (Å²) in [4.78, 5) is 8.44. The third kappa shape index (κ3) is 2.76. The van der Waals surface area contributed by atoms with Crippen LogP contribution in [0.1, 0.15) is 5.56 Å². The van der Waals surface area contributed by atoms with Gasteiger partial charge in [0.1, 0.15) is 12.1 Å². The summed E-state index contributed by atoms with van der Waals surface area (Å²) in [5.41, 5.74) is 2.02. The maximum Gasteiger partial charge on any atom is 0.254 e. The van der Waals surface area contributed by atoms with Crippen LogP contribution in [0, 0.1) is 0 Å². The molecule has 24 heavy (non-hydrogen) atoms. The molecule has 8 heteroatoms. The van der Waals surface area contributed by atoms with Gasteiger partial charge in [-0.15, -0.1) is 5.10 Å². The first-order valence-corrected chi connectivity index (χ1v) is 7.38. The van der Waals surface area contributed by atoms with Crippen LogP contribution in [-0.4, -0.2) is 41.6 Å². The van der Waals surface area contributed by atoms with Crippen molar-refractivity contribution in [2.45, 2.75) is 6.54 Å². The van der Waals surface area contributed by atoms with Gasteiger partial charge in [-0.25, -0.2) is 4.98 Å². The van der Waals surface area contributed by atoms with Gasteiger partial charge in [0.05, 0.1) is 25.4 Å². The number of nitrogens with zero attached hydrogens (tertiary/aromatic N) is 6. The predicted octanol–water partition coefficient (Wildman–Crippen LogP) is 1.91. The Morgan fingerprint density at radius 2 is 2.08 bits per heavy atom. The average molecular weight is 321 g/mol. The molecule has 4 rings (SSSR count). The van der Waals surface area contributed by atoms with E-state index in [1.165, 1.54) is 0 Å². The van der Waals surface area contributed by atoms with Gasteiger partial charge in [0, 0.05) is 18.6 Å². The van der Waals surface area contributed by atoms with Crippen molar-refractivity contribution in [1.82, 2.24) is 34.5 Å². The van der Waals surface area contributed by atoms with Gasteiger partial charge >= 0.3 is 0 Å². The van der Waals surface area contributed by atoms with Crippen LogP contribution in [0.3, 0.4) is 0 Å². The molecule has 0 radical (unpaired) electrons. The molecule has 1 aromatic carbocycles. The highest BCUT2D eigenvalue weighted by molar-refractivity contribution is 5.52. The number of aromatic amines is 1. The normalized spacial score (nSPS) is 10.9. The fourth-order valence-electron chi connectivity index (χ4n) is 2.37. The first-order chi connectivity index (χ1) is 11.8. The lowest BCUT2D eigenvalue weighted by atomic mass is 10.2. The molecule has 0 spiro atoms. The largest absolute Gasteiger partial charge is 0.497 e. The van der Waals surface area contributed by atoms with E-state index in [1.54, 1.807) is 36.6 Å². The van der Waals surface area contributed by atoms with Gasteiger partial charge < -0.3 is 4.74 Å². The fraction of sp³-hybridized carbons (Fsp3) is 0.125. The van der Waals surface area contributed by atoms with Crippen molar-refractivity contribution in [3.05, 3.63) is 60.9 Å². The highest BCUT2D eigenvalue weighted by Gasteiger charge is 2.09. The van der Waals surface area contributed by atoms with E-state index in [-0.39, 0.29) is 0 Å². The minimum Gasteiger partial charge on any atom is -0.497 e. The van der Waals surface area contributed by atoms with Crippen LogP contribution in [0.2, 0.25) is 0 Å². The summed E-state index contributed by atoms with van der Waals surface area (Å²) in [6.07, 6.45) is 8.83. The van der Waals surface area contributed by atoms with Crippen LogP contribution in [0.25, 0.3) is 17.3 Å². The first kappa shape index (κ1) is 14.2. The lowest BCUT2D eigenvalue weighted by Crippen LogP contribution is -1.99. The molecule has 0 bridgehead atoms. The van der Waals surface area contributed by atoms with Gasteiger partial charge in [0.15, 0.2) is 5.82 Å². The number of H-pyrrole nitrogens is 1. The van der Waals surface area contributed by atoms with E-state index in [2.05, 4.69) is 25.3 Å². The average Bonchev–Trinajstić information content (AvgIpc) is 3.36. The highest BCUT2D eigenvalue weighted by Crippen LogP contribution is 2.16. The highest BCUT2D eigenvalue weighted by atomic mass is 16.5. The summed E-state index contributed by atoms with van der Waals surface area (Å²) in [5.74, 6) is 2.05. The van der Waals surface area contributed by atoms with Crippen molar-refractivity contribution in [3.63, 3.8) is 0 Å². The first-order valence-electron chi connectivity index (χ1n) is 7.38. The van der Waals surface area contributed by atoms with Crippen molar-refractivity contribution in [2.24, 2.45) is 0 Å². The summed E-state index contributed by atoms with van der Waals surface area (Å²) < 4.78 is 8.76.